The number of nitrogens with zero attached hydrogens (tertiary/aromatic N) is 2. The van der Waals surface area contributed by atoms with Crippen LogP contribution < -0.4 is 9.62 Å². The van der Waals surface area contributed by atoms with E-state index in [1.807, 2.05) is 63.2 Å². The molecule has 0 saturated heterocycles. The largest absolute Gasteiger partial charge is 0.350 e. The Balaban J connectivity index is 1.50. The molecule has 7 nitrogen and oxygen atoms in total. The summed E-state index contributed by atoms with van der Waals surface area (Å²) in [7, 11) is -3.68. The van der Waals surface area contributed by atoms with E-state index in [4.69, 9.17) is 0 Å². The number of hydrogen-bond acceptors (Lipinski definition) is 4. The third kappa shape index (κ3) is 5.83. The van der Waals surface area contributed by atoms with Gasteiger partial charge in [0.25, 0.3) is 10.0 Å². The number of benzene rings is 3. The molecule has 1 unspecified atom stereocenters. The van der Waals surface area contributed by atoms with Crippen LogP contribution in [0, 0.1) is 0 Å². The van der Waals surface area contributed by atoms with Crippen LogP contribution in [-0.2, 0) is 26.2 Å². The van der Waals surface area contributed by atoms with Crippen LogP contribution in [0.5, 0.6) is 0 Å². The predicted molar refractivity (Wildman–Crippen MR) is 150 cm³/mol. The van der Waals surface area contributed by atoms with Crippen LogP contribution >= 0.6 is 15.9 Å². The average Bonchev–Trinajstić information content (AvgIpc) is 3.05. The van der Waals surface area contributed by atoms with E-state index in [0.29, 0.717) is 17.0 Å². The summed E-state index contributed by atoms with van der Waals surface area (Å²) in [6, 6.07) is 17.7. The second kappa shape index (κ2) is 10.5. The van der Waals surface area contributed by atoms with Crippen molar-refractivity contribution in [3.63, 3.8) is 0 Å². The van der Waals surface area contributed by atoms with Crippen molar-refractivity contribution in [2.45, 2.75) is 63.6 Å². The normalized spacial score (nSPS) is 15.0. The fourth-order valence-electron chi connectivity index (χ4n) is 4.56. The van der Waals surface area contributed by atoms with E-state index in [9.17, 15) is 18.0 Å². The molecule has 37 heavy (non-hydrogen) atoms. The van der Waals surface area contributed by atoms with Crippen molar-refractivity contribution in [2.75, 3.05) is 10.8 Å². The predicted octanol–water partition coefficient (Wildman–Crippen LogP) is 5.22. The van der Waals surface area contributed by atoms with Gasteiger partial charge in [-0.1, -0.05) is 52.3 Å². The van der Waals surface area contributed by atoms with Crippen molar-refractivity contribution in [1.82, 2.24) is 10.2 Å². The summed E-state index contributed by atoms with van der Waals surface area (Å²) in [4.78, 5) is 28.3. The van der Waals surface area contributed by atoms with Crippen LogP contribution in [0.25, 0.3) is 10.8 Å². The van der Waals surface area contributed by atoms with Crippen LogP contribution in [0.15, 0.2) is 70.0 Å². The highest BCUT2D eigenvalue weighted by atomic mass is 79.9. The summed E-state index contributed by atoms with van der Waals surface area (Å²) < 4.78 is 28.8. The van der Waals surface area contributed by atoms with Gasteiger partial charge in [0.2, 0.25) is 11.8 Å². The number of carbonyl (C=O) groups is 2. The van der Waals surface area contributed by atoms with Gasteiger partial charge < -0.3 is 10.2 Å². The minimum absolute atomic E-state index is 0.113. The number of carbonyl (C=O) groups excluding carboxylic acids is 2. The Kier molecular flexibility index (Phi) is 7.67. The standard InChI is InChI=1S/C28H32BrN3O4S/c1-19(27(34)30-28(2,3)4)31(18-20-13-15-22(29)16-14-20)25(33)12-7-17-32-23-10-5-8-21-9-6-11-24(26(21)23)37(32,35)36/h5-6,8-11,13-16,19H,7,12,17-18H2,1-4H3,(H,30,34). The molecule has 196 valence electrons. The molecule has 0 aromatic heterocycles. The molecular weight excluding hydrogens is 554 g/mol. The average molecular weight is 587 g/mol. The maximum absolute atomic E-state index is 13.4. The zero-order valence-corrected chi connectivity index (χ0v) is 23.9. The lowest BCUT2D eigenvalue weighted by atomic mass is 10.1. The molecule has 1 aliphatic heterocycles. The van der Waals surface area contributed by atoms with E-state index in [0.717, 1.165) is 20.8 Å². The molecule has 1 atom stereocenters. The Morgan fingerprint density at radius 1 is 1.03 bits per heavy atom. The van der Waals surface area contributed by atoms with Gasteiger partial charge >= 0.3 is 0 Å². The zero-order chi connectivity index (χ0) is 27.0. The molecule has 1 N–H and O–H groups in total. The molecule has 9 heteroatoms. The van der Waals surface area contributed by atoms with Crippen LogP contribution in [0.1, 0.15) is 46.1 Å². The second-order valence-corrected chi connectivity index (χ2v) is 13.1. The molecule has 4 rings (SSSR count). The highest BCUT2D eigenvalue weighted by Gasteiger charge is 2.35. The molecule has 2 amide bonds. The van der Waals surface area contributed by atoms with Gasteiger partial charge in [0.05, 0.1) is 10.6 Å². The Labute approximate surface area is 227 Å². The lowest BCUT2D eigenvalue weighted by molar-refractivity contribution is -0.141. The summed E-state index contributed by atoms with van der Waals surface area (Å²) >= 11 is 3.42. The minimum atomic E-state index is -3.68. The van der Waals surface area contributed by atoms with Gasteiger partial charge in [0, 0.05) is 34.9 Å². The first-order chi connectivity index (χ1) is 17.4. The first kappa shape index (κ1) is 27.1. The molecular formula is C28H32BrN3O4S. The molecule has 0 saturated carbocycles. The summed E-state index contributed by atoms with van der Waals surface area (Å²) in [5, 5.41) is 4.55. The number of nitrogens with one attached hydrogen (secondary N) is 1. The molecule has 1 aliphatic rings. The maximum atomic E-state index is 13.4. The van der Waals surface area contributed by atoms with Crippen LogP contribution in [0.3, 0.4) is 0 Å². The van der Waals surface area contributed by atoms with Gasteiger partial charge in [-0.15, -0.1) is 0 Å². The van der Waals surface area contributed by atoms with Crippen molar-refractivity contribution in [3.8, 4) is 0 Å². The van der Waals surface area contributed by atoms with Crippen LogP contribution in [0.4, 0.5) is 5.69 Å². The fraction of sp³-hybridized carbons (Fsp3) is 0.357. The van der Waals surface area contributed by atoms with Crippen molar-refractivity contribution in [3.05, 3.63) is 70.7 Å². The smallest absolute Gasteiger partial charge is 0.265 e. The van der Waals surface area contributed by atoms with Gasteiger partial charge in [0.15, 0.2) is 0 Å². The number of halogens is 1. The molecule has 0 fully saturated rings. The number of hydrogen-bond donors (Lipinski definition) is 1. The molecule has 1 heterocycles. The first-order valence-corrected chi connectivity index (χ1v) is 14.5. The van der Waals surface area contributed by atoms with E-state index < -0.39 is 21.6 Å². The molecule has 0 radical (unpaired) electrons. The summed E-state index contributed by atoms with van der Waals surface area (Å²) in [5.74, 6) is -0.436. The van der Waals surface area contributed by atoms with Gasteiger partial charge in [-0.05, 0) is 69.3 Å². The Morgan fingerprint density at radius 2 is 1.68 bits per heavy atom. The number of amides is 2. The van der Waals surface area contributed by atoms with E-state index in [-0.39, 0.29) is 31.3 Å². The van der Waals surface area contributed by atoms with E-state index in [1.54, 1.807) is 30.0 Å². The fourth-order valence-corrected chi connectivity index (χ4v) is 6.57. The summed E-state index contributed by atoms with van der Waals surface area (Å²) in [5.41, 5.74) is 1.11. The second-order valence-electron chi connectivity index (χ2n) is 10.4. The van der Waals surface area contributed by atoms with E-state index >= 15 is 0 Å². The SMILES string of the molecule is CC(C(=O)NC(C)(C)C)N(Cc1ccc(Br)cc1)C(=O)CCCN1c2cccc3cccc(c23)S1(=O)=O. The lowest BCUT2D eigenvalue weighted by Crippen LogP contribution is -2.52. The van der Waals surface area contributed by atoms with Gasteiger partial charge in [-0.25, -0.2) is 8.42 Å². The summed E-state index contributed by atoms with van der Waals surface area (Å²) in [6.45, 7) is 7.86. The third-order valence-corrected chi connectivity index (χ3v) is 8.75. The Morgan fingerprint density at radius 3 is 2.32 bits per heavy atom. The van der Waals surface area contributed by atoms with Crippen molar-refractivity contribution in [1.29, 1.82) is 0 Å². The van der Waals surface area contributed by atoms with Gasteiger partial charge in [-0.3, -0.25) is 13.9 Å². The first-order valence-electron chi connectivity index (χ1n) is 12.3. The molecule has 0 bridgehead atoms. The lowest BCUT2D eigenvalue weighted by Gasteiger charge is -2.31. The van der Waals surface area contributed by atoms with Gasteiger partial charge in [-0.2, -0.15) is 0 Å². The Hall–Kier alpha value is -2.91. The highest BCUT2D eigenvalue weighted by molar-refractivity contribution is 9.10. The zero-order valence-electron chi connectivity index (χ0n) is 21.5. The maximum Gasteiger partial charge on any atom is 0.265 e. The molecule has 3 aromatic rings. The van der Waals surface area contributed by atoms with Gasteiger partial charge in [0.1, 0.15) is 6.04 Å². The number of rotatable bonds is 8. The highest BCUT2D eigenvalue weighted by Crippen LogP contribution is 2.42. The van der Waals surface area contributed by atoms with Crippen LogP contribution in [-0.4, -0.2) is 43.3 Å². The molecule has 3 aromatic carbocycles. The van der Waals surface area contributed by atoms with Crippen LogP contribution in [0.2, 0.25) is 0 Å². The number of anilines is 1. The van der Waals surface area contributed by atoms with Crippen molar-refractivity contribution in [2.24, 2.45) is 0 Å². The Bertz CT molecular complexity index is 1430. The number of sulfonamides is 1. The molecule has 0 aliphatic carbocycles. The third-order valence-electron chi connectivity index (χ3n) is 6.36. The quantitative estimate of drug-likeness (QED) is 0.392. The minimum Gasteiger partial charge on any atom is -0.350 e. The monoisotopic (exact) mass is 585 g/mol. The van der Waals surface area contributed by atoms with Crippen molar-refractivity contribution >= 4 is 54.2 Å². The topological polar surface area (TPSA) is 86.8 Å². The summed E-state index contributed by atoms with van der Waals surface area (Å²) in [6.07, 6.45) is 0.439. The van der Waals surface area contributed by atoms with Crippen molar-refractivity contribution < 1.29 is 18.0 Å². The van der Waals surface area contributed by atoms with E-state index in [2.05, 4.69) is 21.2 Å². The van der Waals surface area contributed by atoms with E-state index in [1.165, 1.54) is 4.31 Å². The molecule has 0 spiro atoms.